The topological polar surface area (TPSA) is 63.2 Å². The number of ether oxygens (including phenoxy) is 1. The minimum Gasteiger partial charge on any atom is -0.495 e. The summed E-state index contributed by atoms with van der Waals surface area (Å²) < 4.78 is 18.3. The van der Waals surface area contributed by atoms with Crippen molar-refractivity contribution in [1.82, 2.24) is 4.98 Å². The molecule has 0 radical (unpaired) electrons. The van der Waals surface area contributed by atoms with Gasteiger partial charge in [0.05, 0.1) is 12.8 Å². The normalized spacial score (nSPS) is 10.4. The number of amides is 1. The molecule has 5 nitrogen and oxygen atoms in total. The van der Waals surface area contributed by atoms with Crippen LogP contribution in [0.15, 0.2) is 54.7 Å². The van der Waals surface area contributed by atoms with Crippen LogP contribution in [0.4, 0.5) is 15.9 Å². The third-order valence-electron chi connectivity index (χ3n) is 4.14. The molecular weight excluding hydrogens is 381 g/mol. The van der Waals surface area contributed by atoms with Gasteiger partial charge in [-0.15, -0.1) is 0 Å². The summed E-state index contributed by atoms with van der Waals surface area (Å²) in [5, 5.41) is 6.52. The quantitative estimate of drug-likeness (QED) is 0.608. The van der Waals surface area contributed by atoms with Gasteiger partial charge in [0.2, 0.25) is 0 Å². The van der Waals surface area contributed by atoms with Crippen LogP contribution in [-0.4, -0.2) is 18.0 Å². The molecule has 0 spiro atoms. The van der Waals surface area contributed by atoms with E-state index in [0.717, 1.165) is 11.1 Å². The Hall–Kier alpha value is -3.12. The lowest BCUT2D eigenvalue weighted by Crippen LogP contribution is -2.13. The van der Waals surface area contributed by atoms with Gasteiger partial charge in [0.15, 0.2) is 0 Å². The maximum atomic E-state index is 13.0. The maximum absolute atomic E-state index is 13.0. The number of hydrogen-bond acceptors (Lipinski definition) is 4. The van der Waals surface area contributed by atoms with E-state index in [4.69, 9.17) is 16.3 Å². The van der Waals surface area contributed by atoms with Gasteiger partial charge in [-0.2, -0.15) is 0 Å². The lowest BCUT2D eigenvalue weighted by molar-refractivity contribution is 0.102. The van der Waals surface area contributed by atoms with Crippen LogP contribution in [0, 0.1) is 12.7 Å². The molecule has 28 heavy (non-hydrogen) atoms. The Labute approximate surface area is 167 Å². The number of halogens is 2. The largest absolute Gasteiger partial charge is 0.495 e. The van der Waals surface area contributed by atoms with Crippen molar-refractivity contribution in [1.29, 1.82) is 0 Å². The molecule has 0 unspecified atom stereocenters. The van der Waals surface area contributed by atoms with Crippen LogP contribution in [-0.2, 0) is 6.54 Å². The lowest BCUT2D eigenvalue weighted by atomic mass is 10.2. The van der Waals surface area contributed by atoms with E-state index in [1.54, 1.807) is 42.6 Å². The van der Waals surface area contributed by atoms with E-state index in [9.17, 15) is 9.18 Å². The first-order valence-electron chi connectivity index (χ1n) is 8.56. The molecule has 0 saturated carbocycles. The van der Waals surface area contributed by atoms with Gasteiger partial charge >= 0.3 is 0 Å². The van der Waals surface area contributed by atoms with Crippen LogP contribution in [0.2, 0.25) is 5.02 Å². The van der Waals surface area contributed by atoms with Crippen molar-refractivity contribution in [2.75, 3.05) is 17.7 Å². The van der Waals surface area contributed by atoms with Gasteiger partial charge in [-0.05, 0) is 48.4 Å². The smallest absolute Gasteiger partial charge is 0.255 e. The second-order valence-corrected chi connectivity index (χ2v) is 6.57. The van der Waals surface area contributed by atoms with Gasteiger partial charge in [-0.25, -0.2) is 9.37 Å². The Morgan fingerprint density at radius 3 is 2.64 bits per heavy atom. The van der Waals surface area contributed by atoms with Gasteiger partial charge in [0.25, 0.3) is 5.91 Å². The fraction of sp³-hybridized carbons (Fsp3) is 0.143. The maximum Gasteiger partial charge on any atom is 0.255 e. The molecule has 2 N–H and O–H groups in total. The standard InChI is InChI=1S/C21H19ClFN3O2/c1-13-9-18(19(28-2)11-17(13)22)26-21(27)15-7-8-24-20(10-15)25-12-14-3-5-16(23)6-4-14/h3-11H,12H2,1-2H3,(H,24,25)(H,26,27). The van der Waals surface area contributed by atoms with Crippen molar-refractivity contribution in [2.24, 2.45) is 0 Å². The second-order valence-electron chi connectivity index (χ2n) is 6.17. The van der Waals surface area contributed by atoms with E-state index in [1.807, 2.05) is 6.92 Å². The number of aromatic nitrogens is 1. The molecule has 144 valence electrons. The number of aryl methyl sites for hydroxylation is 1. The number of nitrogens with zero attached hydrogens (tertiary/aromatic N) is 1. The molecular formula is C21H19ClFN3O2. The Balaban J connectivity index is 1.72. The molecule has 0 bridgehead atoms. The molecule has 7 heteroatoms. The highest BCUT2D eigenvalue weighted by Gasteiger charge is 2.13. The van der Waals surface area contributed by atoms with Gasteiger partial charge in [-0.1, -0.05) is 23.7 Å². The number of nitrogens with one attached hydrogen (secondary N) is 2. The zero-order valence-corrected chi connectivity index (χ0v) is 16.2. The number of hydrogen-bond donors (Lipinski definition) is 2. The predicted octanol–water partition coefficient (Wildman–Crippen LogP) is 5.06. The van der Waals surface area contributed by atoms with Crippen LogP contribution in [0.1, 0.15) is 21.5 Å². The molecule has 3 rings (SSSR count). The lowest BCUT2D eigenvalue weighted by Gasteiger charge is -2.13. The van der Waals surface area contributed by atoms with Gasteiger partial charge < -0.3 is 15.4 Å². The molecule has 0 saturated heterocycles. The van der Waals surface area contributed by atoms with E-state index in [0.29, 0.717) is 34.4 Å². The number of pyridine rings is 1. The van der Waals surface area contributed by atoms with E-state index >= 15 is 0 Å². The third-order valence-corrected chi connectivity index (χ3v) is 4.55. The van der Waals surface area contributed by atoms with Gasteiger partial charge in [-0.3, -0.25) is 4.79 Å². The number of rotatable bonds is 6. The van der Waals surface area contributed by atoms with Crippen LogP contribution in [0.5, 0.6) is 5.75 Å². The first-order chi connectivity index (χ1) is 13.5. The Bertz CT molecular complexity index is 993. The summed E-state index contributed by atoms with van der Waals surface area (Å²) >= 11 is 6.10. The zero-order valence-electron chi connectivity index (χ0n) is 15.4. The number of carbonyl (C=O) groups excluding carboxylic acids is 1. The zero-order chi connectivity index (χ0) is 20.1. The second kappa shape index (κ2) is 8.71. The van der Waals surface area contributed by atoms with Crippen LogP contribution in [0.3, 0.4) is 0 Å². The summed E-state index contributed by atoms with van der Waals surface area (Å²) in [6.45, 7) is 2.31. The molecule has 0 aliphatic carbocycles. The molecule has 0 fully saturated rings. The molecule has 0 atom stereocenters. The Morgan fingerprint density at radius 2 is 1.93 bits per heavy atom. The van der Waals surface area contributed by atoms with Crippen molar-refractivity contribution in [3.8, 4) is 5.75 Å². The summed E-state index contributed by atoms with van der Waals surface area (Å²) in [7, 11) is 1.51. The molecule has 1 aromatic heterocycles. The molecule has 0 aliphatic heterocycles. The Morgan fingerprint density at radius 1 is 1.18 bits per heavy atom. The van der Waals surface area contributed by atoms with Gasteiger partial charge in [0.1, 0.15) is 17.4 Å². The van der Waals surface area contributed by atoms with Gasteiger partial charge in [0, 0.05) is 29.4 Å². The van der Waals surface area contributed by atoms with Crippen LogP contribution in [0.25, 0.3) is 0 Å². The monoisotopic (exact) mass is 399 g/mol. The summed E-state index contributed by atoms with van der Waals surface area (Å²) in [6, 6.07) is 12.9. The highest BCUT2D eigenvalue weighted by molar-refractivity contribution is 6.31. The average Bonchev–Trinajstić information content (AvgIpc) is 2.70. The number of methoxy groups -OCH3 is 1. The fourth-order valence-corrected chi connectivity index (χ4v) is 2.74. The molecule has 3 aromatic rings. The average molecular weight is 400 g/mol. The summed E-state index contributed by atoms with van der Waals surface area (Å²) in [6.07, 6.45) is 1.55. The summed E-state index contributed by atoms with van der Waals surface area (Å²) in [5.41, 5.74) is 2.70. The first-order valence-corrected chi connectivity index (χ1v) is 8.94. The van der Waals surface area contributed by atoms with Crippen LogP contribution >= 0.6 is 11.6 Å². The summed E-state index contributed by atoms with van der Waals surface area (Å²) in [5.74, 6) is 0.435. The van der Waals surface area contributed by atoms with Crippen molar-refractivity contribution in [2.45, 2.75) is 13.5 Å². The number of carbonyl (C=O) groups is 1. The van der Waals surface area contributed by atoms with Crippen molar-refractivity contribution >= 4 is 29.0 Å². The van der Waals surface area contributed by atoms with E-state index < -0.39 is 0 Å². The van der Waals surface area contributed by atoms with Crippen LogP contribution < -0.4 is 15.4 Å². The molecule has 1 amide bonds. The van der Waals surface area contributed by atoms with Crippen molar-refractivity contribution in [3.05, 3.63) is 82.3 Å². The first kappa shape index (κ1) is 19.6. The number of anilines is 2. The van der Waals surface area contributed by atoms with E-state index in [-0.39, 0.29) is 11.7 Å². The summed E-state index contributed by atoms with van der Waals surface area (Å²) in [4.78, 5) is 16.9. The minimum atomic E-state index is -0.299. The van der Waals surface area contributed by atoms with Crippen molar-refractivity contribution < 1.29 is 13.9 Å². The SMILES string of the molecule is COc1cc(Cl)c(C)cc1NC(=O)c1ccnc(NCc2ccc(F)cc2)c1. The predicted molar refractivity (Wildman–Crippen MR) is 109 cm³/mol. The fourth-order valence-electron chi connectivity index (χ4n) is 2.59. The molecule has 1 heterocycles. The highest BCUT2D eigenvalue weighted by Crippen LogP contribution is 2.31. The third kappa shape index (κ3) is 4.78. The molecule has 2 aromatic carbocycles. The molecule has 0 aliphatic rings. The van der Waals surface area contributed by atoms with E-state index in [2.05, 4.69) is 15.6 Å². The Kier molecular flexibility index (Phi) is 6.11. The van der Waals surface area contributed by atoms with E-state index in [1.165, 1.54) is 19.2 Å². The van der Waals surface area contributed by atoms with Crippen molar-refractivity contribution in [3.63, 3.8) is 0 Å². The minimum absolute atomic E-state index is 0.284. The number of benzene rings is 2. The highest BCUT2D eigenvalue weighted by atomic mass is 35.5.